The van der Waals surface area contributed by atoms with E-state index in [4.69, 9.17) is 4.74 Å². The van der Waals surface area contributed by atoms with E-state index >= 15 is 0 Å². The number of hydrogen-bond donors (Lipinski definition) is 0. The molecule has 0 bridgehead atoms. The van der Waals surface area contributed by atoms with Crippen molar-refractivity contribution in [3.63, 3.8) is 0 Å². The molecule has 0 spiro atoms. The van der Waals surface area contributed by atoms with Gasteiger partial charge < -0.3 is 9.64 Å². The molecule has 0 N–H and O–H groups in total. The Hall–Kier alpha value is -2.28. The lowest BCUT2D eigenvalue weighted by molar-refractivity contribution is -0.135. The van der Waals surface area contributed by atoms with Crippen molar-refractivity contribution in [2.75, 3.05) is 26.7 Å². The lowest BCUT2D eigenvalue weighted by atomic mass is 10.0. The van der Waals surface area contributed by atoms with Crippen molar-refractivity contribution in [3.05, 3.63) is 33.7 Å². The number of amides is 3. The highest BCUT2D eigenvalue weighted by molar-refractivity contribution is 8.18. The standard InChI is InChI=1S/C21H28N2O4S/c1-6-8-22(9-7-2)19(24)13-23-20(25)18(28-21(23)26)12-16-10-15(4)17(27-5)11-14(16)3/h10-12H,6-9,13H2,1-5H3/b18-12-. The van der Waals surface area contributed by atoms with Crippen LogP contribution in [-0.4, -0.2) is 53.6 Å². The van der Waals surface area contributed by atoms with Crippen LogP contribution in [0.1, 0.15) is 43.4 Å². The van der Waals surface area contributed by atoms with Gasteiger partial charge in [0.05, 0.1) is 12.0 Å². The van der Waals surface area contributed by atoms with Gasteiger partial charge in [0.25, 0.3) is 11.1 Å². The van der Waals surface area contributed by atoms with Gasteiger partial charge in [-0.25, -0.2) is 0 Å². The molecule has 0 unspecified atom stereocenters. The van der Waals surface area contributed by atoms with Crippen LogP contribution in [0.2, 0.25) is 0 Å². The molecule has 1 aliphatic rings. The fourth-order valence-electron chi connectivity index (χ4n) is 3.10. The molecule has 7 heteroatoms. The van der Waals surface area contributed by atoms with Gasteiger partial charge in [-0.3, -0.25) is 19.3 Å². The van der Waals surface area contributed by atoms with E-state index < -0.39 is 11.1 Å². The second-order valence-electron chi connectivity index (χ2n) is 6.83. The zero-order valence-electron chi connectivity index (χ0n) is 17.2. The van der Waals surface area contributed by atoms with Crippen LogP contribution in [0.3, 0.4) is 0 Å². The molecule has 6 nitrogen and oxygen atoms in total. The van der Waals surface area contributed by atoms with Crippen molar-refractivity contribution in [1.29, 1.82) is 0 Å². The molecule has 0 radical (unpaired) electrons. The zero-order chi connectivity index (χ0) is 20.8. The summed E-state index contributed by atoms with van der Waals surface area (Å²) in [6.45, 7) is 8.90. The molecule has 2 rings (SSSR count). The van der Waals surface area contributed by atoms with Crippen LogP contribution in [-0.2, 0) is 9.59 Å². The Morgan fingerprint density at radius 1 is 1.14 bits per heavy atom. The zero-order valence-corrected chi connectivity index (χ0v) is 18.0. The fourth-order valence-corrected chi connectivity index (χ4v) is 3.93. The van der Waals surface area contributed by atoms with Gasteiger partial charge in [-0.15, -0.1) is 0 Å². The molecule has 0 aliphatic carbocycles. The second kappa shape index (κ2) is 9.78. The summed E-state index contributed by atoms with van der Waals surface area (Å²) in [5.74, 6) is 0.174. The Kier molecular flexibility index (Phi) is 7.69. The monoisotopic (exact) mass is 404 g/mol. The SMILES string of the molecule is CCCN(CCC)C(=O)CN1C(=O)S/C(=C\c2cc(C)c(OC)cc2C)C1=O. The summed E-state index contributed by atoms with van der Waals surface area (Å²) in [5.41, 5.74) is 2.75. The molecule has 3 amide bonds. The quantitative estimate of drug-likeness (QED) is 0.613. The van der Waals surface area contributed by atoms with Gasteiger partial charge in [0.15, 0.2) is 0 Å². The van der Waals surface area contributed by atoms with Crippen molar-refractivity contribution in [2.24, 2.45) is 0 Å². The third-order valence-corrected chi connectivity index (χ3v) is 5.48. The number of ether oxygens (including phenoxy) is 1. The lowest BCUT2D eigenvalue weighted by Gasteiger charge is -2.23. The van der Waals surface area contributed by atoms with Crippen LogP contribution in [0.4, 0.5) is 4.79 Å². The van der Waals surface area contributed by atoms with Gasteiger partial charge in [-0.2, -0.15) is 0 Å². The average molecular weight is 405 g/mol. The topological polar surface area (TPSA) is 66.9 Å². The first kappa shape index (κ1) is 22.0. The number of thioether (sulfide) groups is 1. The van der Waals surface area contributed by atoms with E-state index in [1.54, 1.807) is 18.1 Å². The van der Waals surface area contributed by atoms with Crippen molar-refractivity contribution < 1.29 is 19.1 Å². The molecule has 0 atom stereocenters. The molecule has 1 aliphatic heterocycles. The third-order valence-electron chi connectivity index (χ3n) is 4.58. The summed E-state index contributed by atoms with van der Waals surface area (Å²) >= 11 is 0.878. The van der Waals surface area contributed by atoms with Gasteiger partial charge in [-0.1, -0.05) is 13.8 Å². The van der Waals surface area contributed by atoms with Crippen LogP contribution in [0, 0.1) is 13.8 Å². The highest BCUT2D eigenvalue weighted by Crippen LogP contribution is 2.33. The molecule has 0 saturated carbocycles. The number of nitrogens with zero attached hydrogens (tertiary/aromatic N) is 2. The van der Waals surface area contributed by atoms with Crippen molar-refractivity contribution in [3.8, 4) is 5.75 Å². The van der Waals surface area contributed by atoms with E-state index in [0.29, 0.717) is 18.0 Å². The minimum Gasteiger partial charge on any atom is -0.496 e. The number of rotatable bonds is 8. The summed E-state index contributed by atoms with van der Waals surface area (Å²) in [5, 5.41) is -0.402. The molecular formula is C21H28N2O4S. The number of hydrogen-bond acceptors (Lipinski definition) is 5. The molecular weight excluding hydrogens is 376 g/mol. The Morgan fingerprint density at radius 2 is 1.79 bits per heavy atom. The Labute approximate surface area is 170 Å². The lowest BCUT2D eigenvalue weighted by Crippen LogP contribution is -2.42. The number of carbonyl (C=O) groups is 3. The summed E-state index contributed by atoms with van der Waals surface area (Å²) in [4.78, 5) is 40.7. The van der Waals surface area contributed by atoms with E-state index in [1.807, 2.05) is 39.8 Å². The molecule has 28 heavy (non-hydrogen) atoms. The highest BCUT2D eigenvalue weighted by Gasteiger charge is 2.37. The van der Waals surface area contributed by atoms with Gasteiger partial charge in [0.1, 0.15) is 12.3 Å². The molecule has 1 saturated heterocycles. The molecule has 1 heterocycles. The molecule has 0 aromatic heterocycles. The van der Waals surface area contributed by atoms with E-state index in [2.05, 4.69) is 0 Å². The maximum Gasteiger partial charge on any atom is 0.294 e. The molecule has 152 valence electrons. The Bertz CT molecular complexity index is 798. The van der Waals surface area contributed by atoms with Crippen LogP contribution < -0.4 is 4.74 Å². The Morgan fingerprint density at radius 3 is 2.36 bits per heavy atom. The minimum atomic E-state index is -0.413. The number of carbonyl (C=O) groups excluding carboxylic acids is 3. The molecule has 1 fully saturated rings. The fraction of sp³-hybridized carbons (Fsp3) is 0.476. The van der Waals surface area contributed by atoms with Crippen molar-refractivity contribution in [2.45, 2.75) is 40.5 Å². The van der Waals surface area contributed by atoms with Crippen molar-refractivity contribution in [1.82, 2.24) is 9.80 Å². The first-order valence-electron chi connectivity index (χ1n) is 9.50. The predicted molar refractivity (Wildman–Crippen MR) is 112 cm³/mol. The van der Waals surface area contributed by atoms with Gasteiger partial charge >= 0.3 is 0 Å². The van der Waals surface area contributed by atoms with Gasteiger partial charge in [0.2, 0.25) is 5.91 Å². The second-order valence-corrected chi connectivity index (χ2v) is 7.82. The van der Waals surface area contributed by atoms with E-state index in [0.717, 1.165) is 51.9 Å². The Balaban J connectivity index is 2.20. The maximum absolute atomic E-state index is 12.7. The maximum atomic E-state index is 12.7. The number of aryl methyl sites for hydroxylation is 2. The summed E-state index contributed by atoms with van der Waals surface area (Å²) in [7, 11) is 1.62. The minimum absolute atomic E-state index is 0.191. The van der Waals surface area contributed by atoms with Gasteiger partial charge in [-0.05, 0) is 73.4 Å². The predicted octanol–water partition coefficient (Wildman–Crippen LogP) is 4.00. The van der Waals surface area contributed by atoms with E-state index in [9.17, 15) is 14.4 Å². The molecule has 1 aromatic carbocycles. The summed E-state index contributed by atoms with van der Waals surface area (Å²) in [6, 6.07) is 3.83. The first-order valence-corrected chi connectivity index (χ1v) is 10.3. The summed E-state index contributed by atoms with van der Waals surface area (Å²) < 4.78 is 5.31. The van der Waals surface area contributed by atoms with Gasteiger partial charge in [0, 0.05) is 13.1 Å². The summed E-state index contributed by atoms with van der Waals surface area (Å²) in [6.07, 6.45) is 3.39. The van der Waals surface area contributed by atoms with Crippen molar-refractivity contribution >= 4 is 34.9 Å². The molecule has 1 aromatic rings. The smallest absolute Gasteiger partial charge is 0.294 e. The highest BCUT2D eigenvalue weighted by atomic mass is 32.2. The third kappa shape index (κ3) is 4.95. The number of methoxy groups -OCH3 is 1. The van der Waals surface area contributed by atoms with Crippen LogP contribution in [0.25, 0.3) is 6.08 Å². The normalized spacial score (nSPS) is 15.5. The first-order chi connectivity index (χ1) is 13.3. The van der Waals surface area contributed by atoms with Crippen LogP contribution >= 0.6 is 11.8 Å². The van der Waals surface area contributed by atoms with E-state index in [-0.39, 0.29) is 12.5 Å². The largest absolute Gasteiger partial charge is 0.496 e. The number of benzene rings is 1. The van der Waals surface area contributed by atoms with E-state index in [1.165, 1.54) is 0 Å². The average Bonchev–Trinajstić information content (AvgIpc) is 2.91. The van der Waals surface area contributed by atoms with Crippen LogP contribution in [0.15, 0.2) is 17.0 Å². The van der Waals surface area contributed by atoms with Crippen LogP contribution in [0.5, 0.6) is 5.75 Å². The number of imide groups is 1.